The van der Waals surface area contributed by atoms with Crippen LogP contribution in [0.3, 0.4) is 0 Å². The maximum atomic E-state index is 12.3. The molecule has 1 fully saturated rings. The Balaban J connectivity index is 1.21. The van der Waals surface area contributed by atoms with Gasteiger partial charge in [-0.1, -0.05) is 17.3 Å². The fourth-order valence-electron chi connectivity index (χ4n) is 3.79. The zero-order valence-electron chi connectivity index (χ0n) is 15.5. The second kappa shape index (κ2) is 8.06. The van der Waals surface area contributed by atoms with Crippen molar-refractivity contribution in [1.82, 2.24) is 25.2 Å². The van der Waals surface area contributed by atoms with Crippen LogP contribution in [0.2, 0.25) is 0 Å². The number of rotatable bonds is 6. The summed E-state index contributed by atoms with van der Waals surface area (Å²) in [5, 5.41) is 11.2. The van der Waals surface area contributed by atoms with E-state index in [1.165, 1.54) is 5.56 Å². The Kier molecular flexibility index (Phi) is 5.35. The Hall–Kier alpha value is -2.45. The molecule has 2 atom stereocenters. The summed E-state index contributed by atoms with van der Waals surface area (Å²) in [4.78, 5) is 14.4. The molecule has 8 nitrogen and oxygen atoms in total. The molecular formula is C19H25N5O3. The standard InChI is InChI=1S/C19H25N5O3/c1-26-16-4-2-14(3-5-16)6-8-20-19(25)12-23-9-7-17-18(11-23)27-13-15-10-21-22-24(15)17/h2-5,10,17-18H,6-9,11-13H2,1H3,(H,20,25)/t17-,18-/m0/s1. The summed E-state index contributed by atoms with van der Waals surface area (Å²) >= 11 is 0. The molecule has 8 heteroatoms. The lowest BCUT2D eigenvalue weighted by atomic mass is 10.0. The van der Waals surface area contributed by atoms with Gasteiger partial charge in [0.15, 0.2) is 0 Å². The van der Waals surface area contributed by atoms with Crippen molar-refractivity contribution in [3.8, 4) is 5.75 Å². The van der Waals surface area contributed by atoms with Crippen molar-refractivity contribution in [3.05, 3.63) is 41.7 Å². The summed E-state index contributed by atoms with van der Waals surface area (Å²) in [6.45, 7) is 3.17. The number of ether oxygens (including phenoxy) is 2. The molecule has 0 saturated carbocycles. The number of nitrogens with one attached hydrogen (secondary N) is 1. The number of carbonyl (C=O) groups excluding carboxylic acids is 1. The molecule has 0 aliphatic carbocycles. The highest BCUT2D eigenvalue weighted by molar-refractivity contribution is 5.78. The van der Waals surface area contributed by atoms with E-state index in [9.17, 15) is 4.79 Å². The first-order chi connectivity index (χ1) is 13.2. The van der Waals surface area contributed by atoms with Crippen molar-refractivity contribution in [1.29, 1.82) is 0 Å². The molecule has 2 aliphatic rings. The van der Waals surface area contributed by atoms with Gasteiger partial charge in [-0.3, -0.25) is 9.69 Å². The third kappa shape index (κ3) is 4.12. The van der Waals surface area contributed by atoms with Gasteiger partial charge in [-0.05, 0) is 30.5 Å². The number of likely N-dealkylation sites (tertiary alicyclic amines) is 1. The smallest absolute Gasteiger partial charge is 0.234 e. The van der Waals surface area contributed by atoms with Gasteiger partial charge in [0.05, 0.1) is 44.3 Å². The number of amides is 1. The Morgan fingerprint density at radius 1 is 1.37 bits per heavy atom. The first-order valence-corrected chi connectivity index (χ1v) is 9.35. The van der Waals surface area contributed by atoms with Crippen LogP contribution in [0.4, 0.5) is 0 Å². The number of nitrogens with zero attached hydrogens (tertiary/aromatic N) is 4. The minimum atomic E-state index is 0.0548. The van der Waals surface area contributed by atoms with Crippen LogP contribution in [0.5, 0.6) is 5.75 Å². The lowest BCUT2D eigenvalue weighted by Gasteiger charge is -2.40. The molecule has 0 bridgehead atoms. The van der Waals surface area contributed by atoms with Crippen LogP contribution in [0.25, 0.3) is 0 Å². The van der Waals surface area contributed by atoms with Crippen molar-refractivity contribution < 1.29 is 14.3 Å². The van der Waals surface area contributed by atoms with Crippen LogP contribution in [0, 0.1) is 0 Å². The third-order valence-corrected chi connectivity index (χ3v) is 5.28. The third-order valence-electron chi connectivity index (χ3n) is 5.28. The second-order valence-electron chi connectivity index (χ2n) is 7.06. The number of benzene rings is 1. The normalized spacial score (nSPS) is 22.0. The first-order valence-electron chi connectivity index (χ1n) is 9.35. The summed E-state index contributed by atoms with van der Waals surface area (Å²) in [5.74, 6) is 0.897. The number of aromatic nitrogens is 3. The van der Waals surface area contributed by atoms with Crippen molar-refractivity contribution in [2.24, 2.45) is 0 Å². The maximum Gasteiger partial charge on any atom is 0.234 e. The molecule has 2 aromatic rings. The van der Waals surface area contributed by atoms with Gasteiger partial charge >= 0.3 is 0 Å². The minimum absolute atomic E-state index is 0.0548. The summed E-state index contributed by atoms with van der Waals surface area (Å²) in [6, 6.07) is 8.15. The molecule has 1 aromatic heterocycles. The van der Waals surface area contributed by atoms with Crippen molar-refractivity contribution >= 4 is 5.91 Å². The molecule has 1 saturated heterocycles. The summed E-state index contributed by atoms with van der Waals surface area (Å²) in [5.41, 5.74) is 2.21. The van der Waals surface area contributed by atoms with Gasteiger partial charge in [-0.2, -0.15) is 0 Å². The average Bonchev–Trinajstić information content (AvgIpc) is 3.17. The minimum Gasteiger partial charge on any atom is -0.497 e. The van der Waals surface area contributed by atoms with Gasteiger partial charge in [0, 0.05) is 19.6 Å². The van der Waals surface area contributed by atoms with E-state index in [-0.39, 0.29) is 18.1 Å². The van der Waals surface area contributed by atoms with Gasteiger partial charge in [0.25, 0.3) is 0 Å². The number of hydrogen-bond donors (Lipinski definition) is 1. The largest absolute Gasteiger partial charge is 0.497 e. The van der Waals surface area contributed by atoms with Crippen LogP contribution in [0.15, 0.2) is 30.5 Å². The van der Waals surface area contributed by atoms with E-state index in [1.807, 2.05) is 28.9 Å². The monoisotopic (exact) mass is 371 g/mol. The van der Waals surface area contributed by atoms with Gasteiger partial charge in [-0.15, -0.1) is 5.10 Å². The highest BCUT2D eigenvalue weighted by Crippen LogP contribution is 2.30. The van der Waals surface area contributed by atoms with Crippen molar-refractivity contribution in [2.45, 2.75) is 31.6 Å². The quantitative estimate of drug-likeness (QED) is 0.809. The molecule has 27 heavy (non-hydrogen) atoms. The van der Waals surface area contributed by atoms with E-state index < -0.39 is 0 Å². The van der Waals surface area contributed by atoms with Crippen molar-refractivity contribution in [3.63, 3.8) is 0 Å². The number of methoxy groups -OCH3 is 1. The Morgan fingerprint density at radius 3 is 3.04 bits per heavy atom. The molecule has 0 radical (unpaired) electrons. The van der Waals surface area contributed by atoms with Gasteiger partial charge in [0.2, 0.25) is 5.91 Å². The molecule has 1 aromatic carbocycles. The van der Waals surface area contributed by atoms with Crippen molar-refractivity contribution in [2.75, 3.05) is 33.3 Å². The molecule has 4 rings (SSSR count). The van der Waals surface area contributed by atoms with Gasteiger partial charge in [-0.25, -0.2) is 4.68 Å². The van der Waals surface area contributed by atoms with E-state index in [1.54, 1.807) is 13.3 Å². The molecule has 2 aliphatic heterocycles. The number of fused-ring (bicyclic) bond motifs is 3. The van der Waals surface area contributed by atoms with E-state index in [0.717, 1.165) is 37.4 Å². The zero-order valence-corrected chi connectivity index (χ0v) is 15.5. The number of piperidine rings is 1. The highest BCUT2D eigenvalue weighted by atomic mass is 16.5. The van der Waals surface area contributed by atoms with E-state index in [4.69, 9.17) is 9.47 Å². The molecular weight excluding hydrogens is 346 g/mol. The Morgan fingerprint density at radius 2 is 2.22 bits per heavy atom. The molecule has 3 heterocycles. The topological polar surface area (TPSA) is 81.5 Å². The van der Waals surface area contributed by atoms with Crippen LogP contribution in [-0.4, -0.2) is 65.2 Å². The molecule has 1 amide bonds. The van der Waals surface area contributed by atoms with E-state index in [0.29, 0.717) is 19.7 Å². The molecule has 1 N–H and O–H groups in total. The lowest BCUT2D eigenvalue weighted by Crippen LogP contribution is -2.51. The van der Waals surface area contributed by atoms with Gasteiger partial charge < -0.3 is 14.8 Å². The predicted octanol–water partition coefficient (Wildman–Crippen LogP) is 0.791. The Bertz CT molecular complexity index is 776. The number of carbonyl (C=O) groups is 1. The van der Waals surface area contributed by atoms with Crippen LogP contribution in [-0.2, 0) is 22.6 Å². The van der Waals surface area contributed by atoms with Crippen LogP contribution in [0.1, 0.15) is 23.7 Å². The van der Waals surface area contributed by atoms with E-state index in [2.05, 4.69) is 20.5 Å². The SMILES string of the molecule is COc1ccc(CCNC(=O)CN2CC[C@H]3[C@H](C2)OCc2cnnn23)cc1. The second-order valence-corrected chi connectivity index (χ2v) is 7.06. The summed E-state index contributed by atoms with van der Waals surface area (Å²) in [7, 11) is 1.65. The first kappa shape index (κ1) is 17.9. The average molecular weight is 371 g/mol. The predicted molar refractivity (Wildman–Crippen MR) is 98.4 cm³/mol. The highest BCUT2D eigenvalue weighted by Gasteiger charge is 2.36. The fourth-order valence-corrected chi connectivity index (χ4v) is 3.79. The molecule has 0 spiro atoms. The number of hydrogen-bond acceptors (Lipinski definition) is 6. The van der Waals surface area contributed by atoms with Crippen LogP contribution < -0.4 is 10.1 Å². The lowest BCUT2D eigenvalue weighted by molar-refractivity contribution is -0.124. The molecule has 144 valence electrons. The Labute approximate surface area is 158 Å². The van der Waals surface area contributed by atoms with Crippen LogP contribution >= 0.6 is 0 Å². The van der Waals surface area contributed by atoms with E-state index >= 15 is 0 Å². The maximum absolute atomic E-state index is 12.3. The molecule has 0 unspecified atom stereocenters. The summed E-state index contributed by atoms with van der Waals surface area (Å²) < 4.78 is 13.1. The van der Waals surface area contributed by atoms with Gasteiger partial charge in [0.1, 0.15) is 5.75 Å². The fraction of sp³-hybridized carbons (Fsp3) is 0.526. The summed E-state index contributed by atoms with van der Waals surface area (Å²) in [6.07, 6.45) is 3.55. The zero-order chi connectivity index (χ0) is 18.6.